The van der Waals surface area contributed by atoms with Crippen LogP contribution in [0.5, 0.6) is 0 Å². The lowest BCUT2D eigenvalue weighted by Crippen LogP contribution is -2.44. The van der Waals surface area contributed by atoms with Crippen LogP contribution in [0.15, 0.2) is 37.0 Å². The van der Waals surface area contributed by atoms with E-state index in [1.165, 1.54) is 0 Å². The van der Waals surface area contributed by atoms with E-state index in [0.29, 0.717) is 29.9 Å². The molecule has 0 fully saturated rings. The first-order valence-electron chi connectivity index (χ1n) is 6.75. The van der Waals surface area contributed by atoms with Gasteiger partial charge < -0.3 is 24.3 Å². The van der Waals surface area contributed by atoms with Crippen LogP contribution < -0.4 is 11.1 Å². The number of hydrogen-bond donors (Lipinski definition) is 2. The Bertz CT molecular complexity index is 305. The van der Waals surface area contributed by atoms with Gasteiger partial charge in [0.05, 0.1) is 23.3 Å². The summed E-state index contributed by atoms with van der Waals surface area (Å²) in [4.78, 5) is 0. The number of nitrogens with one attached hydrogen (secondary N) is 1. The zero-order valence-electron chi connectivity index (χ0n) is 13.0. The molecule has 0 rings (SSSR count). The summed E-state index contributed by atoms with van der Waals surface area (Å²) in [6.07, 6.45) is 0.847. The van der Waals surface area contributed by atoms with Crippen molar-refractivity contribution < 1.29 is 13.3 Å². The molecule has 0 radical (unpaired) electrons. The minimum Gasteiger partial charge on any atom is -0.488 e. The Hall–Kier alpha value is -1.24. The monoisotopic (exact) mass is 300 g/mol. The van der Waals surface area contributed by atoms with Crippen LogP contribution in [0, 0.1) is 0 Å². The van der Waals surface area contributed by atoms with Crippen molar-refractivity contribution in [2.75, 3.05) is 19.6 Å². The lowest BCUT2D eigenvalue weighted by atomic mass is 10.5. The first-order chi connectivity index (χ1) is 9.31. The second kappa shape index (κ2) is 9.63. The molecule has 6 heteroatoms. The van der Waals surface area contributed by atoms with Gasteiger partial charge in [-0.15, -0.1) is 0 Å². The fourth-order valence-corrected chi connectivity index (χ4v) is 4.30. The van der Waals surface area contributed by atoms with Gasteiger partial charge in [-0.1, -0.05) is 19.7 Å². The molecule has 0 aromatic rings. The molecule has 0 saturated heterocycles. The maximum absolute atomic E-state index is 5.79. The maximum atomic E-state index is 5.79. The van der Waals surface area contributed by atoms with Gasteiger partial charge in [-0.25, -0.2) is 0 Å². The van der Waals surface area contributed by atoms with E-state index in [4.69, 9.17) is 19.0 Å². The van der Waals surface area contributed by atoms with Gasteiger partial charge in [0.25, 0.3) is 0 Å². The van der Waals surface area contributed by atoms with Crippen molar-refractivity contribution in [1.29, 1.82) is 0 Å². The molecule has 0 bridgehead atoms. The first-order valence-corrected chi connectivity index (χ1v) is 8.69. The molecule has 0 aliphatic rings. The summed E-state index contributed by atoms with van der Waals surface area (Å²) in [5.41, 5.74) is 5.43. The fraction of sp³-hybridized carbons (Fsp3) is 0.571. The third kappa shape index (κ3) is 8.79. The number of hydrogen-bond acceptors (Lipinski definition) is 5. The summed E-state index contributed by atoms with van der Waals surface area (Å²) >= 11 is 0. The minimum absolute atomic E-state index is 0.564. The second-order valence-corrected chi connectivity index (χ2v) is 7.22. The number of nitrogens with two attached hydrogens (primary N) is 1. The second-order valence-electron chi connectivity index (χ2n) is 4.74. The average molecular weight is 300 g/mol. The van der Waals surface area contributed by atoms with E-state index in [9.17, 15) is 0 Å². The minimum atomic E-state index is -2.91. The third-order valence-electron chi connectivity index (χ3n) is 2.15. The number of allylic oxidation sites excluding steroid dienone is 3. The van der Waals surface area contributed by atoms with Crippen LogP contribution in [0.2, 0.25) is 6.04 Å². The largest absolute Gasteiger partial charge is 0.698 e. The van der Waals surface area contributed by atoms with Gasteiger partial charge in [0, 0.05) is 13.1 Å². The third-order valence-corrected chi connectivity index (χ3v) is 5.09. The van der Waals surface area contributed by atoms with Crippen LogP contribution in [-0.4, -0.2) is 28.4 Å². The van der Waals surface area contributed by atoms with Crippen molar-refractivity contribution in [3.8, 4) is 0 Å². The van der Waals surface area contributed by atoms with Crippen molar-refractivity contribution >= 4 is 8.80 Å². The van der Waals surface area contributed by atoms with Crippen LogP contribution in [0.1, 0.15) is 27.2 Å². The SMILES string of the molecule is C=C(C)O[Si](CCCNCCN)(OC(=C)C)OC(=C)C. The molecule has 5 nitrogen and oxygen atoms in total. The molecular weight excluding hydrogens is 272 g/mol. The summed E-state index contributed by atoms with van der Waals surface area (Å²) in [5, 5.41) is 3.23. The Kier molecular flexibility index (Phi) is 9.03. The quantitative estimate of drug-likeness (QED) is 0.329. The van der Waals surface area contributed by atoms with E-state index < -0.39 is 8.80 Å². The maximum Gasteiger partial charge on any atom is 0.698 e. The summed E-state index contributed by atoms with van der Waals surface area (Å²) in [6.45, 7) is 18.9. The molecule has 0 saturated carbocycles. The van der Waals surface area contributed by atoms with Crippen molar-refractivity contribution in [2.24, 2.45) is 5.73 Å². The van der Waals surface area contributed by atoms with Gasteiger partial charge in [-0.2, -0.15) is 0 Å². The topological polar surface area (TPSA) is 65.7 Å². The molecule has 0 amide bonds. The lowest BCUT2D eigenvalue weighted by molar-refractivity contribution is 0.143. The zero-order valence-corrected chi connectivity index (χ0v) is 14.0. The van der Waals surface area contributed by atoms with E-state index in [2.05, 4.69) is 25.1 Å². The summed E-state index contributed by atoms with van der Waals surface area (Å²) < 4.78 is 17.4. The van der Waals surface area contributed by atoms with Crippen molar-refractivity contribution in [3.05, 3.63) is 37.0 Å². The van der Waals surface area contributed by atoms with Crippen LogP contribution >= 0.6 is 0 Å². The number of rotatable bonds is 12. The molecule has 3 N–H and O–H groups in total. The summed E-state index contributed by atoms with van der Waals surface area (Å²) in [6, 6.07) is 0.650. The van der Waals surface area contributed by atoms with Crippen LogP contribution in [0.25, 0.3) is 0 Å². The molecule has 0 unspecified atom stereocenters. The van der Waals surface area contributed by atoms with E-state index >= 15 is 0 Å². The summed E-state index contributed by atoms with van der Waals surface area (Å²) in [7, 11) is -2.91. The molecule has 0 aromatic carbocycles. The van der Waals surface area contributed by atoms with Gasteiger partial charge in [0.15, 0.2) is 0 Å². The van der Waals surface area contributed by atoms with E-state index in [-0.39, 0.29) is 0 Å². The molecule has 0 heterocycles. The van der Waals surface area contributed by atoms with Crippen LogP contribution in [0.3, 0.4) is 0 Å². The Labute approximate surface area is 123 Å². The molecule has 0 aromatic heterocycles. The summed E-state index contributed by atoms with van der Waals surface area (Å²) in [5.74, 6) is 1.69. The highest BCUT2D eigenvalue weighted by atomic mass is 28.4. The molecule has 116 valence electrons. The highest BCUT2D eigenvalue weighted by molar-refractivity contribution is 6.61. The van der Waals surface area contributed by atoms with Gasteiger partial charge in [-0.05, 0) is 33.7 Å². The Morgan fingerprint density at radius 1 is 0.950 bits per heavy atom. The predicted octanol–water partition coefficient (Wildman–Crippen LogP) is 2.51. The average Bonchev–Trinajstić information content (AvgIpc) is 2.25. The first kappa shape index (κ1) is 18.8. The van der Waals surface area contributed by atoms with E-state index in [0.717, 1.165) is 19.5 Å². The Morgan fingerprint density at radius 2 is 1.40 bits per heavy atom. The highest BCUT2D eigenvalue weighted by Crippen LogP contribution is 2.25. The van der Waals surface area contributed by atoms with Gasteiger partial charge in [0.1, 0.15) is 0 Å². The van der Waals surface area contributed by atoms with Crippen LogP contribution in [-0.2, 0) is 13.3 Å². The van der Waals surface area contributed by atoms with Crippen LogP contribution in [0.4, 0.5) is 0 Å². The van der Waals surface area contributed by atoms with Gasteiger partial charge >= 0.3 is 8.80 Å². The highest BCUT2D eigenvalue weighted by Gasteiger charge is 2.48. The van der Waals surface area contributed by atoms with Crippen molar-refractivity contribution in [3.63, 3.8) is 0 Å². The molecule has 20 heavy (non-hydrogen) atoms. The Balaban J connectivity index is 4.72. The fourth-order valence-electron chi connectivity index (χ4n) is 1.67. The van der Waals surface area contributed by atoms with Crippen molar-refractivity contribution in [1.82, 2.24) is 5.32 Å². The zero-order chi connectivity index (χ0) is 15.6. The standard InChI is InChI=1S/C14H28N2O3Si/c1-12(2)17-20(18-13(3)4,19-14(5)6)11-7-9-16-10-8-15/h16H,1,3,5,7-11,15H2,2,4,6H3. The molecule has 0 aliphatic heterocycles. The van der Waals surface area contributed by atoms with E-state index in [1.807, 2.05) is 0 Å². The van der Waals surface area contributed by atoms with Crippen molar-refractivity contribution in [2.45, 2.75) is 33.2 Å². The smallest absolute Gasteiger partial charge is 0.488 e. The molecule has 0 atom stereocenters. The molecule has 0 spiro atoms. The van der Waals surface area contributed by atoms with Gasteiger partial charge in [-0.3, -0.25) is 0 Å². The predicted molar refractivity (Wildman–Crippen MR) is 84.8 cm³/mol. The van der Waals surface area contributed by atoms with Gasteiger partial charge in [0.2, 0.25) is 0 Å². The molecular formula is C14H28N2O3Si. The van der Waals surface area contributed by atoms with E-state index in [1.54, 1.807) is 20.8 Å². The Morgan fingerprint density at radius 3 is 1.75 bits per heavy atom. The normalized spacial score (nSPS) is 10.8. The lowest BCUT2D eigenvalue weighted by Gasteiger charge is -2.30. The molecule has 0 aliphatic carbocycles.